The minimum Gasteiger partial charge on any atom is -1.00 e. The monoisotopic (exact) mass is 845 g/mol. The molecule has 0 aliphatic heterocycles. The van der Waals surface area contributed by atoms with Gasteiger partial charge in [-0.3, -0.25) is 0 Å². The van der Waals surface area contributed by atoms with Crippen LogP contribution < -0.4 is 43.5 Å². The van der Waals surface area contributed by atoms with E-state index in [2.05, 4.69) is 104 Å². The summed E-state index contributed by atoms with van der Waals surface area (Å²) in [5.74, 6) is 0.122. The molecule has 0 saturated heterocycles. The number of hydrogen-bond donors (Lipinski definition) is 3. The number of phenolic OH excluding ortho intramolecular Hbond substituents is 1. The van der Waals surface area contributed by atoms with Crippen LogP contribution in [0.2, 0.25) is 0 Å². The summed E-state index contributed by atoms with van der Waals surface area (Å²) in [5.41, 5.74) is 2.24. The van der Waals surface area contributed by atoms with E-state index in [4.69, 9.17) is 30.0 Å². The minimum atomic E-state index is -2.12. The van der Waals surface area contributed by atoms with Crippen molar-refractivity contribution in [3.63, 3.8) is 0 Å². The van der Waals surface area contributed by atoms with E-state index in [1.165, 1.54) is 15.9 Å². The molecule has 5 aromatic rings. The standard InChI is InChI=1S/C38H37N6O2PS2.BrH.Cu/c1-39-37(48)43-41-36(30-22-24-31(45)25-23-30)35(29-14-6-2-7-15-29)42-44-38(49)40-26-27-46-28-47(32-16-8-3-9-17-32,33-18-10-4-11-19-33)34-20-12-5-13-21-34;;/h2-25H,26-28H2,1H3,(H4-,39,40,41,42,43,44,45,48,49);1H;/q;;+2/p-2. The first kappa shape index (κ1) is 41.4. The molecule has 5 aromatic carbocycles. The average Bonchev–Trinajstić information content (AvgIpc) is 3.16. The number of amidine groups is 2. The van der Waals surface area contributed by atoms with Crippen molar-refractivity contribution < 1.29 is 43.9 Å². The second kappa shape index (κ2) is 21.4. The van der Waals surface area contributed by atoms with Crippen molar-refractivity contribution in [3.05, 3.63) is 157 Å². The Kier molecular flexibility index (Phi) is 17.4. The molecule has 0 bridgehead atoms. The molecule has 0 atom stereocenters. The Morgan fingerprint density at radius 2 is 1.02 bits per heavy atom. The number of nitrogens with one attached hydrogen (secondary N) is 2. The van der Waals surface area contributed by atoms with Crippen LogP contribution in [0, 0.1) is 0 Å². The van der Waals surface area contributed by atoms with Gasteiger partial charge in [0, 0.05) is 24.7 Å². The predicted octanol–water partition coefficient (Wildman–Crippen LogP) is 2.09. The van der Waals surface area contributed by atoms with Crippen LogP contribution in [0.1, 0.15) is 11.1 Å². The van der Waals surface area contributed by atoms with Crippen molar-refractivity contribution in [2.45, 2.75) is 0 Å². The first-order chi connectivity index (χ1) is 24.0. The summed E-state index contributed by atoms with van der Waals surface area (Å²) in [6.07, 6.45) is 0.525. The number of benzene rings is 5. The van der Waals surface area contributed by atoms with Crippen molar-refractivity contribution in [1.29, 1.82) is 0 Å². The Morgan fingerprint density at radius 1 is 0.608 bits per heavy atom. The Bertz CT molecular complexity index is 1810. The third-order valence-electron chi connectivity index (χ3n) is 7.51. The van der Waals surface area contributed by atoms with Crippen LogP contribution >= 0.6 is 7.26 Å². The van der Waals surface area contributed by atoms with E-state index in [0.717, 1.165) is 5.56 Å². The van der Waals surface area contributed by atoms with Crippen LogP contribution in [0.3, 0.4) is 0 Å². The molecule has 0 spiro atoms. The van der Waals surface area contributed by atoms with Crippen LogP contribution in [-0.4, -0.2) is 53.4 Å². The Hall–Kier alpha value is -3.99. The molecule has 0 aliphatic carbocycles. The molecular formula is C38H36BrCuN6O2PS2. The van der Waals surface area contributed by atoms with Gasteiger partial charge in [0.15, 0.2) is 6.35 Å². The summed E-state index contributed by atoms with van der Waals surface area (Å²) in [5, 5.41) is 37.4. The molecule has 0 aliphatic rings. The summed E-state index contributed by atoms with van der Waals surface area (Å²) < 4.78 is 6.46. The van der Waals surface area contributed by atoms with Crippen molar-refractivity contribution in [1.82, 2.24) is 10.6 Å². The summed E-state index contributed by atoms with van der Waals surface area (Å²) in [7, 11) is -0.446. The van der Waals surface area contributed by atoms with E-state index in [1.807, 2.05) is 48.5 Å². The topological polar surface area (TPSA) is 103 Å². The molecule has 8 nitrogen and oxygen atoms in total. The van der Waals surface area contributed by atoms with E-state index in [-0.39, 0.29) is 50.1 Å². The zero-order valence-electron chi connectivity index (χ0n) is 27.6. The summed E-state index contributed by atoms with van der Waals surface area (Å²) in [6.45, 7) is 0.835. The van der Waals surface area contributed by atoms with Gasteiger partial charge < -0.3 is 62.7 Å². The number of rotatable bonds is 13. The van der Waals surface area contributed by atoms with Gasteiger partial charge in [0.25, 0.3) is 0 Å². The predicted molar refractivity (Wildman–Crippen MR) is 210 cm³/mol. The Balaban J connectivity index is 0.00000351. The summed E-state index contributed by atoms with van der Waals surface area (Å²) >= 11 is 10.8. The van der Waals surface area contributed by atoms with Crippen LogP contribution in [0.25, 0.3) is 0 Å². The van der Waals surface area contributed by atoms with Gasteiger partial charge in [0.05, 0.1) is 6.61 Å². The van der Waals surface area contributed by atoms with E-state index in [1.54, 1.807) is 31.3 Å². The fourth-order valence-corrected chi connectivity index (χ4v) is 9.10. The van der Waals surface area contributed by atoms with Gasteiger partial charge in [0.1, 0.15) is 40.3 Å². The van der Waals surface area contributed by atoms with Crippen LogP contribution in [0.4, 0.5) is 0 Å². The Labute approximate surface area is 332 Å². The molecular weight excluding hydrogens is 811 g/mol. The second-order valence-corrected chi connectivity index (χ2v) is 14.9. The molecule has 3 N–H and O–H groups in total. The largest absolute Gasteiger partial charge is 2.00 e. The quantitative estimate of drug-likeness (QED) is 0.0320. The van der Waals surface area contributed by atoms with Crippen molar-refractivity contribution in [3.8, 4) is 5.75 Å². The van der Waals surface area contributed by atoms with Gasteiger partial charge >= 0.3 is 17.1 Å². The molecule has 5 rings (SSSR count). The second-order valence-electron chi connectivity index (χ2n) is 10.7. The third-order valence-corrected chi connectivity index (χ3v) is 12.1. The first-order valence-corrected chi connectivity index (χ1v) is 18.3. The maximum Gasteiger partial charge on any atom is 2.00 e. The molecule has 265 valence electrons. The number of hydrogen-bond acceptors (Lipinski definition) is 8. The summed E-state index contributed by atoms with van der Waals surface area (Å²) in [4.78, 5) is 0. The molecule has 0 unspecified atom stereocenters. The zero-order chi connectivity index (χ0) is 34.3. The molecule has 0 saturated carbocycles. The molecule has 0 heterocycles. The van der Waals surface area contributed by atoms with Gasteiger partial charge in [0.2, 0.25) is 0 Å². The Morgan fingerprint density at radius 3 is 1.47 bits per heavy atom. The number of phenols is 1. The summed E-state index contributed by atoms with van der Waals surface area (Å²) in [6, 6.07) is 47.9. The number of nitrogens with zero attached hydrogens (tertiary/aromatic N) is 4. The van der Waals surface area contributed by atoms with Gasteiger partial charge in [-0.1, -0.05) is 84.9 Å². The number of aromatic hydroxyl groups is 1. The van der Waals surface area contributed by atoms with E-state index in [9.17, 15) is 5.11 Å². The van der Waals surface area contributed by atoms with E-state index < -0.39 is 7.26 Å². The normalized spacial score (nSPS) is 12.3. The molecule has 0 fully saturated rings. The van der Waals surface area contributed by atoms with Crippen molar-refractivity contribution >= 4 is 70.2 Å². The number of halogens is 1. The zero-order valence-corrected chi connectivity index (χ0v) is 32.6. The van der Waals surface area contributed by atoms with Crippen molar-refractivity contribution in [2.75, 3.05) is 26.5 Å². The molecule has 13 heteroatoms. The maximum atomic E-state index is 9.89. The smallest absolute Gasteiger partial charge is 1.00 e. The fraction of sp³-hybridized carbons (Fsp3) is 0.105. The molecule has 0 aromatic heterocycles. The fourth-order valence-electron chi connectivity index (χ4n) is 5.12. The SMILES string of the molecule is CNC([S-])=NN=C(C(=NN=C([S-])NCCOC[P+](c1ccccc1)(c1ccccc1)c1ccccc1)c1ccccc1)c1ccc(O)cc1.[Br-].[Cu+2]. The van der Waals surface area contributed by atoms with Gasteiger partial charge in [-0.15, -0.1) is 10.2 Å². The first-order valence-electron chi connectivity index (χ1n) is 15.6. The van der Waals surface area contributed by atoms with E-state index >= 15 is 0 Å². The molecule has 51 heavy (non-hydrogen) atoms. The van der Waals surface area contributed by atoms with Crippen LogP contribution in [0.5, 0.6) is 5.75 Å². The molecule has 0 amide bonds. The average molecular weight is 847 g/mol. The maximum absolute atomic E-state index is 9.89. The van der Waals surface area contributed by atoms with Crippen LogP contribution in [0.15, 0.2) is 166 Å². The van der Waals surface area contributed by atoms with Crippen molar-refractivity contribution in [2.24, 2.45) is 20.4 Å². The van der Waals surface area contributed by atoms with E-state index in [0.29, 0.717) is 36.5 Å². The third kappa shape index (κ3) is 11.2. The number of ether oxygens (including phenoxy) is 1. The molecule has 1 radical (unpaired) electrons. The minimum absolute atomic E-state index is 0. The van der Waals surface area contributed by atoms with Crippen LogP contribution in [-0.2, 0) is 47.1 Å². The van der Waals surface area contributed by atoms with Gasteiger partial charge in [-0.2, -0.15) is 10.2 Å². The van der Waals surface area contributed by atoms with Gasteiger partial charge in [-0.25, -0.2) is 0 Å². The van der Waals surface area contributed by atoms with Gasteiger partial charge in [-0.05, 0) is 71.0 Å².